The van der Waals surface area contributed by atoms with Crippen molar-refractivity contribution in [2.75, 3.05) is 11.9 Å². The van der Waals surface area contributed by atoms with Crippen LogP contribution < -0.4 is 10.9 Å². The van der Waals surface area contributed by atoms with E-state index in [-0.39, 0.29) is 10.6 Å². The Labute approximate surface area is 107 Å². The number of nitrogens with zero attached hydrogens (tertiary/aromatic N) is 2. The second-order valence-corrected chi connectivity index (χ2v) is 4.91. The maximum atomic E-state index is 11.9. The monoisotopic (exact) mass is 257 g/mol. The number of aryl methyl sites for hydroxylation is 1. The molecule has 0 atom stereocenters. The molecule has 1 rings (SSSR count). The zero-order valence-electron chi connectivity index (χ0n) is 10.7. The summed E-state index contributed by atoms with van der Waals surface area (Å²) in [6.45, 7) is 7.66. The summed E-state index contributed by atoms with van der Waals surface area (Å²) < 4.78 is 1.42. The van der Waals surface area contributed by atoms with Crippen LogP contribution in [0.2, 0.25) is 5.02 Å². The van der Waals surface area contributed by atoms with Gasteiger partial charge in [0.1, 0.15) is 5.02 Å². The van der Waals surface area contributed by atoms with Crippen molar-refractivity contribution in [3.63, 3.8) is 0 Å². The molecule has 1 aromatic rings. The van der Waals surface area contributed by atoms with Gasteiger partial charge < -0.3 is 5.32 Å². The molecule has 0 saturated carbocycles. The number of anilines is 1. The Balaban J connectivity index is 2.83. The third kappa shape index (κ3) is 4.04. The molecular weight excluding hydrogens is 238 g/mol. The summed E-state index contributed by atoms with van der Waals surface area (Å²) in [4.78, 5) is 11.9. The van der Waals surface area contributed by atoms with E-state index in [0.717, 1.165) is 19.4 Å². The number of aromatic nitrogens is 2. The van der Waals surface area contributed by atoms with Crippen molar-refractivity contribution in [1.29, 1.82) is 0 Å². The minimum Gasteiger partial charge on any atom is -0.382 e. The van der Waals surface area contributed by atoms with Gasteiger partial charge in [-0.1, -0.05) is 38.8 Å². The summed E-state index contributed by atoms with van der Waals surface area (Å²) >= 11 is 6.02. The molecule has 5 heteroatoms. The molecule has 0 bridgehead atoms. The fraction of sp³-hybridized carbons (Fsp3) is 0.667. The largest absolute Gasteiger partial charge is 0.382 e. The molecule has 96 valence electrons. The zero-order valence-corrected chi connectivity index (χ0v) is 11.4. The fourth-order valence-corrected chi connectivity index (χ4v) is 1.58. The molecule has 4 nitrogen and oxygen atoms in total. The van der Waals surface area contributed by atoms with Crippen molar-refractivity contribution in [1.82, 2.24) is 9.78 Å². The Morgan fingerprint density at radius 3 is 2.82 bits per heavy atom. The van der Waals surface area contributed by atoms with Gasteiger partial charge in [0.2, 0.25) is 0 Å². The lowest BCUT2D eigenvalue weighted by molar-refractivity contribution is 0.543. The first-order chi connectivity index (χ1) is 8.06. The van der Waals surface area contributed by atoms with Crippen LogP contribution in [0.4, 0.5) is 5.69 Å². The Morgan fingerprint density at radius 2 is 2.24 bits per heavy atom. The topological polar surface area (TPSA) is 46.9 Å². The van der Waals surface area contributed by atoms with E-state index >= 15 is 0 Å². The maximum absolute atomic E-state index is 11.9. The summed E-state index contributed by atoms with van der Waals surface area (Å²) in [7, 11) is 0. The Bertz CT molecular complexity index is 415. The van der Waals surface area contributed by atoms with Crippen LogP contribution in [-0.2, 0) is 6.54 Å². The van der Waals surface area contributed by atoms with Crippen LogP contribution in [0.15, 0.2) is 11.0 Å². The summed E-state index contributed by atoms with van der Waals surface area (Å²) in [5, 5.41) is 7.47. The third-order valence-corrected chi connectivity index (χ3v) is 2.77. The predicted octanol–water partition coefficient (Wildman–Crippen LogP) is 2.76. The van der Waals surface area contributed by atoms with E-state index in [2.05, 4.69) is 31.2 Å². The molecule has 1 N–H and O–H groups in total. The van der Waals surface area contributed by atoms with Gasteiger partial charge in [0.05, 0.1) is 11.9 Å². The van der Waals surface area contributed by atoms with Gasteiger partial charge in [-0.25, -0.2) is 4.68 Å². The van der Waals surface area contributed by atoms with E-state index in [1.807, 2.05) is 0 Å². The molecule has 0 amide bonds. The van der Waals surface area contributed by atoms with Gasteiger partial charge >= 0.3 is 0 Å². The first kappa shape index (κ1) is 14.0. The van der Waals surface area contributed by atoms with Gasteiger partial charge in [-0.05, 0) is 12.3 Å². The molecular formula is C12H20ClN3O. The Kier molecular flexibility index (Phi) is 5.48. The number of rotatable bonds is 6. The van der Waals surface area contributed by atoms with Crippen molar-refractivity contribution >= 4 is 17.3 Å². The van der Waals surface area contributed by atoms with Crippen LogP contribution >= 0.6 is 11.6 Å². The van der Waals surface area contributed by atoms with E-state index in [1.165, 1.54) is 4.68 Å². The number of halogens is 1. The standard InChI is InChI=1S/C12H20ClN3O/c1-4-5-6-16-12(17)11(13)10(8-15-16)14-7-9(2)3/h8-9,14H,4-7H2,1-3H3. The summed E-state index contributed by atoms with van der Waals surface area (Å²) in [6, 6.07) is 0. The number of hydrogen-bond acceptors (Lipinski definition) is 3. The van der Waals surface area contributed by atoms with Crippen LogP contribution in [0.3, 0.4) is 0 Å². The second kappa shape index (κ2) is 6.64. The fourth-order valence-electron chi connectivity index (χ4n) is 1.37. The van der Waals surface area contributed by atoms with Gasteiger partial charge in [-0.3, -0.25) is 4.79 Å². The summed E-state index contributed by atoms with van der Waals surface area (Å²) in [5.74, 6) is 0.494. The van der Waals surface area contributed by atoms with E-state index in [0.29, 0.717) is 18.2 Å². The molecule has 0 aliphatic rings. The molecule has 1 heterocycles. The van der Waals surface area contributed by atoms with Gasteiger partial charge in [0.25, 0.3) is 5.56 Å². The van der Waals surface area contributed by atoms with E-state index in [1.54, 1.807) is 6.20 Å². The minimum absolute atomic E-state index is 0.214. The minimum atomic E-state index is -0.214. The van der Waals surface area contributed by atoms with Crippen molar-refractivity contribution < 1.29 is 0 Å². The van der Waals surface area contributed by atoms with E-state index < -0.39 is 0 Å². The number of unbranched alkanes of at least 4 members (excludes halogenated alkanes) is 1. The predicted molar refractivity (Wildman–Crippen MR) is 71.7 cm³/mol. The first-order valence-corrected chi connectivity index (χ1v) is 6.43. The molecule has 0 unspecified atom stereocenters. The average Bonchev–Trinajstić information content (AvgIpc) is 2.29. The van der Waals surface area contributed by atoms with Gasteiger partial charge in [0.15, 0.2) is 0 Å². The van der Waals surface area contributed by atoms with Crippen LogP contribution in [-0.4, -0.2) is 16.3 Å². The normalized spacial score (nSPS) is 10.9. The molecule has 0 radical (unpaired) electrons. The summed E-state index contributed by atoms with van der Waals surface area (Å²) in [5.41, 5.74) is 0.409. The second-order valence-electron chi connectivity index (χ2n) is 4.53. The lowest BCUT2D eigenvalue weighted by Crippen LogP contribution is -2.24. The zero-order chi connectivity index (χ0) is 12.8. The van der Waals surface area contributed by atoms with E-state index in [9.17, 15) is 4.79 Å². The van der Waals surface area contributed by atoms with Crippen LogP contribution in [0.25, 0.3) is 0 Å². The lowest BCUT2D eigenvalue weighted by atomic mass is 10.2. The van der Waals surface area contributed by atoms with Crippen LogP contribution in [0.5, 0.6) is 0 Å². The van der Waals surface area contributed by atoms with Crippen molar-refractivity contribution in [2.45, 2.75) is 40.2 Å². The highest BCUT2D eigenvalue weighted by atomic mass is 35.5. The highest BCUT2D eigenvalue weighted by molar-refractivity contribution is 6.32. The molecule has 1 aromatic heterocycles. The molecule has 17 heavy (non-hydrogen) atoms. The quantitative estimate of drug-likeness (QED) is 0.853. The molecule has 0 saturated heterocycles. The molecule has 0 aromatic carbocycles. The lowest BCUT2D eigenvalue weighted by Gasteiger charge is -2.11. The van der Waals surface area contributed by atoms with Crippen molar-refractivity contribution in [3.8, 4) is 0 Å². The SMILES string of the molecule is CCCCn1ncc(NCC(C)C)c(Cl)c1=O. The smallest absolute Gasteiger partial charge is 0.287 e. The van der Waals surface area contributed by atoms with Gasteiger partial charge in [0, 0.05) is 13.1 Å². The Hall–Kier alpha value is -1.03. The number of nitrogens with one attached hydrogen (secondary N) is 1. The Morgan fingerprint density at radius 1 is 1.53 bits per heavy atom. The molecule has 0 spiro atoms. The van der Waals surface area contributed by atoms with Crippen molar-refractivity contribution in [2.24, 2.45) is 5.92 Å². The van der Waals surface area contributed by atoms with Crippen LogP contribution in [0, 0.1) is 5.92 Å². The summed E-state index contributed by atoms with van der Waals surface area (Å²) in [6.07, 6.45) is 3.59. The third-order valence-electron chi connectivity index (χ3n) is 2.41. The average molecular weight is 258 g/mol. The molecule has 0 aliphatic carbocycles. The highest BCUT2D eigenvalue weighted by Crippen LogP contribution is 2.15. The van der Waals surface area contributed by atoms with E-state index in [4.69, 9.17) is 11.6 Å². The molecule has 0 fully saturated rings. The van der Waals surface area contributed by atoms with Crippen molar-refractivity contribution in [3.05, 3.63) is 21.6 Å². The van der Waals surface area contributed by atoms with Gasteiger partial charge in [-0.2, -0.15) is 5.10 Å². The van der Waals surface area contributed by atoms with Crippen LogP contribution in [0.1, 0.15) is 33.6 Å². The number of hydrogen-bond donors (Lipinski definition) is 1. The maximum Gasteiger partial charge on any atom is 0.287 e. The molecule has 0 aliphatic heterocycles. The first-order valence-electron chi connectivity index (χ1n) is 6.05. The van der Waals surface area contributed by atoms with Gasteiger partial charge in [-0.15, -0.1) is 0 Å². The highest BCUT2D eigenvalue weighted by Gasteiger charge is 2.08.